The summed E-state index contributed by atoms with van der Waals surface area (Å²) in [5.41, 5.74) is 1.82. The lowest BCUT2D eigenvalue weighted by molar-refractivity contribution is 0.251. The van der Waals surface area contributed by atoms with Gasteiger partial charge in [0.1, 0.15) is 5.82 Å². The van der Waals surface area contributed by atoms with E-state index in [0.29, 0.717) is 29.3 Å². The number of halogens is 1. The second kappa shape index (κ2) is 8.31. The van der Waals surface area contributed by atoms with Crippen LogP contribution in [0.25, 0.3) is 5.69 Å². The summed E-state index contributed by atoms with van der Waals surface area (Å²) in [6.07, 6.45) is 5.37. The molecule has 1 unspecified atom stereocenters. The molecule has 2 amide bonds. The molecule has 30 heavy (non-hydrogen) atoms. The molecule has 3 heterocycles. The molecule has 0 bridgehead atoms. The summed E-state index contributed by atoms with van der Waals surface area (Å²) in [5, 5.41) is 6.86. The summed E-state index contributed by atoms with van der Waals surface area (Å²) in [6, 6.07) is 9.12. The fourth-order valence-corrected chi connectivity index (χ4v) is 3.59. The lowest BCUT2D eigenvalue weighted by Crippen LogP contribution is -2.38. The van der Waals surface area contributed by atoms with Crippen LogP contribution in [0.3, 0.4) is 0 Å². The Morgan fingerprint density at radius 3 is 2.67 bits per heavy atom. The van der Waals surface area contributed by atoms with Gasteiger partial charge in [-0.05, 0) is 43.2 Å². The molecular weight excluding hydrogens is 402 g/mol. The molecule has 0 spiro atoms. The summed E-state index contributed by atoms with van der Waals surface area (Å²) in [7, 11) is 0. The van der Waals surface area contributed by atoms with Gasteiger partial charge >= 0.3 is 6.03 Å². The molecule has 0 saturated carbocycles. The quantitative estimate of drug-likeness (QED) is 0.622. The van der Waals surface area contributed by atoms with Gasteiger partial charge in [-0.15, -0.1) is 0 Å². The second-order valence-electron chi connectivity index (χ2n) is 7.65. The molecule has 1 aliphatic heterocycles. The zero-order valence-corrected chi connectivity index (χ0v) is 17.8. The number of hydrogen-bond donors (Lipinski definition) is 2. The number of urea groups is 1. The van der Waals surface area contributed by atoms with Crippen LogP contribution in [0.15, 0.2) is 49.1 Å². The minimum Gasteiger partial charge on any atom is -0.346 e. The van der Waals surface area contributed by atoms with Gasteiger partial charge in [0.25, 0.3) is 0 Å². The maximum atomic E-state index is 12.3. The third-order valence-corrected chi connectivity index (χ3v) is 5.44. The Bertz CT molecular complexity index is 1030. The Balaban J connectivity index is 1.50. The Kier molecular flexibility index (Phi) is 5.59. The van der Waals surface area contributed by atoms with Crippen molar-refractivity contribution < 1.29 is 4.79 Å². The molecule has 4 rings (SSSR count). The molecule has 1 aromatic carbocycles. The number of nitrogens with zero attached hydrogens (tertiary/aromatic N) is 5. The van der Waals surface area contributed by atoms with Crippen molar-refractivity contribution in [3.8, 4) is 5.69 Å². The summed E-state index contributed by atoms with van der Waals surface area (Å²) < 4.78 is 1.93. The molecule has 1 aliphatic rings. The number of nitrogens with one attached hydrogen (secondary N) is 2. The highest BCUT2D eigenvalue weighted by Crippen LogP contribution is 2.24. The van der Waals surface area contributed by atoms with Crippen molar-refractivity contribution in [1.29, 1.82) is 0 Å². The number of aromatic nitrogens is 4. The molecule has 0 aliphatic carbocycles. The largest absolute Gasteiger partial charge is 0.346 e. The van der Waals surface area contributed by atoms with E-state index in [9.17, 15) is 4.79 Å². The van der Waals surface area contributed by atoms with Gasteiger partial charge in [0.2, 0.25) is 5.95 Å². The average Bonchev–Trinajstić information content (AvgIpc) is 3.36. The highest BCUT2D eigenvalue weighted by atomic mass is 35.5. The van der Waals surface area contributed by atoms with Crippen LogP contribution in [0.4, 0.5) is 16.6 Å². The van der Waals surface area contributed by atoms with E-state index in [0.717, 1.165) is 11.4 Å². The topological polar surface area (TPSA) is 88.0 Å². The molecular formula is C21H24ClN7O. The Labute approximate surface area is 180 Å². The van der Waals surface area contributed by atoms with E-state index in [1.807, 2.05) is 42.0 Å². The van der Waals surface area contributed by atoms with Gasteiger partial charge in [0, 0.05) is 29.6 Å². The molecule has 9 heteroatoms. The number of carbonyl (C=O) groups is 1. The van der Waals surface area contributed by atoms with Crippen LogP contribution in [0.2, 0.25) is 5.02 Å². The maximum absolute atomic E-state index is 12.3. The first-order valence-corrected chi connectivity index (χ1v) is 10.3. The van der Waals surface area contributed by atoms with E-state index in [1.165, 1.54) is 0 Å². The predicted molar refractivity (Wildman–Crippen MR) is 117 cm³/mol. The van der Waals surface area contributed by atoms with E-state index in [2.05, 4.69) is 39.4 Å². The summed E-state index contributed by atoms with van der Waals surface area (Å²) in [4.78, 5) is 27.4. The fraction of sp³-hybridized carbons (Fsp3) is 0.333. The second-order valence-corrected chi connectivity index (χ2v) is 8.09. The first kappa shape index (κ1) is 20.2. The van der Waals surface area contributed by atoms with E-state index in [1.54, 1.807) is 23.5 Å². The van der Waals surface area contributed by atoms with Crippen LogP contribution in [-0.2, 0) is 0 Å². The van der Waals surface area contributed by atoms with Gasteiger partial charge in [-0.2, -0.15) is 4.98 Å². The molecule has 0 radical (unpaired) electrons. The highest BCUT2D eigenvalue weighted by Gasteiger charge is 2.34. The zero-order valence-electron chi connectivity index (χ0n) is 17.1. The van der Waals surface area contributed by atoms with Crippen LogP contribution < -0.4 is 15.5 Å². The van der Waals surface area contributed by atoms with Crippen molar-refractivity contribution >= 4 is 29.4 Å². The van der Waals surface area contributed by atoms with Gasteiger partial charge in [0.05, 0.1) is 24.1 Å². The molecule has 1 saturated heterocycles. The number of amides is 2. The van der Waals surface area contributed by atoms with E-state index in [-0.39, 0.29) is 18.1 Å². The van der Waals surface area contributed by atoms with Crippen LogP contribution in [0.1, 0.15) is 32.5 Å². The number of imidazole rings is 1. The van der Waals surface area contributed by atoms with Crippen LogP contribution in [0.5, 0.6) is 0 Å². The van der Waals surface area contributed by atoms with Crippen LogP contribution in [0, 0.1) is 5.92 Å². The normalized spacial score (nSPS) is 17.3. The lowest BCUT2D eigenvalue weighted by Gasteiger charge is -2.25. The summed E-state index contributed by atoms with van der Waals surface area (Å²) >= 11 is 5.96. The van der Waals surface area contributed by atoms with Crippen molar-refractivity contribution in [3.63, 3.8) is 0 Å². The van der Waals surface area contributed by atoms with E-state index in [4.69, 9.17) is 11.6 Å². The minimum absolute atomic E-state index is 0.0627. The van der Waals surface area contributed by atoms with Crippen LogP contribution >= 0.6 is 11.6 Å². The molecule has 8 nitrogen and oxygen atoms in total. The lowest BCUT2D eigenvalue weighted by atomic mass is 10.0. The molecule has 2 N–H and O–H groups in total. The first-order chi connectivity index (χ1) is 14.4. The fourth-order valence-electron chi connectivity index (χ4n) is 3.46. The summed E-state index contributed by atoms with van der Waals surface area (Å²) in [6.45, 7) is 6.79. The van der Waals surface area contributed by atoms with Crippen molar-refractivity contribution in [1.82, 2.24) is 24.8 Å². The summed E-state index contributed by atoms with van der Waals surface area (Å²) in [5.74, 6) is 1.34. The van der Waals surface area contributed by atoms with Crippen molar-refractivity contribution in [3.05, 3.63) is 59.8 Å². The Morgan fingerprint density at radius 2 is 1.93 bits per heavy atom. The van der Waals surface area contributed by atoms with Gasteiger partial charge in [-0.25, -0.2) is 14.8 Å². The van der Waals surface area contributed by atoms with Crippen molar-refractivity contribution in [2.45, 2.75) is 32.9 Å². The zero-order chi connectivity index (χ0) is 21.3. The third-order valence-electron chi connectivity index (χ3n) is 5.19. The first-order valence-electron chi connectivity index (χ1n) is 9.89. The smallest absolute Gasteiger partial charge is 0.323 e. The van der Waals surface area contributed by atoms with E-state index >= 15 is 0 Å². The molecule has 2 atom stereocenters. The monoisotopic (exact) mass is 425 g/mol. The number of benzene rings is 1. The minimum atomic E-state index is -0.131. The van der Waals surface area contributed by atoms with Gasteiger partial charge in [-0.3, -0.25) is 4.90 Å². The average molecular weight is 426 g/mol. The standard InChI is InChI=1S/C21H24ClN7O/c1-13(2)18-10-24-21(30)29(18)19-8-9-23-20(27-19)26-14(3)17-11-28(12-25-17)16-6-4-15(22)5-7-16/h4-9,11-14,18H,10H2,1-3H3,(H,24,30)(H,23,26,27)/t14?,18-/m0/s1. The predicted octanol–water partition coefficient (Wildman–Crippen LogP) is 4.04. The van der Waals surface area contributed by atoms with Gasteiger partial charge in [-0.1, -0.05) is 25.4 Å². The molecule has 3 aromatic rings. The van der Waals surface area contributed by atoms with Gasteiger partial charge in [0.15, 0.2) is 0 Å². The molecule has 2 aromatic heterocycles. The Hall–Kier alpha value is -3.13. The molecule has 1 fully saturated rings. The maximum Gasteiger partial charge on any atom is 0.323 e. The number of carbonyl (C=O) groups excluding carboxylic acids is 1. The Morgan fingerprint density at radius 1 is 1.17 bits per heavy atom. The SMILES string of the molecule is CC(Nc1nccc(N2C(=O)NC[C@H]2C(C)C)n1)c1cn(-c2ccc(Cl)cc2)cn1. The van der Waals surface area contributed by atoms with E-state index < -0.39 is 0 Å². The number of hydrogen-bond acceptors (Lipinski definition) is 5. The van der Waals surface area contributed by atoms with Crippen molar-refractivity contribution in [2.75, 3.05) is 16.8 Å². The third kappa shape index (κ3) is 4.09. The van der Waals surface area contributed by atoms with Crippen molar-refractivity contribution in [2.24, 2.45) is 5.92 Å². The number of anilines is 2. The number of rotatable bonds is 6. The van der Waals surface area contributed by atoms with Gasteiger partial charge < -0.3 is 15.2 Å². The molecule has 156 valence electrons. The highest BCUT2D eigenvalue weighted by molar-refractivity contribution is 6.30. The van der Waals surface area contributed by atoms with Crippen LogP contribution in [-0.4, -0.2) is 38.1 Å².